The Labute approximate surface area is 149 Å². The molecular weight excluding hydrogens is 322 g/mol. The average Bonchev–Trinajstić information content (AvgIpc) is 2.60. The zero-order valence-electron chi connectivity index (χ0n) is 16.6. The van der Waals surface area contributed by atoms with Crippen LogP contribution in [0.15, 0.2) is 0 Å². The van der Waals surface area contributed by atoms with Gasteiger partial charge in [0, 0.05) is 15.2 Å². The highest BCUT2D eigenvalue weighted by Crippen LogP contribution is 2.32. The lowest BCUT2D eigenvalue weighted by atomic mass is 9.73. The maximum absolute atomic E-state index is 12.0. The van der Waals surface area contributed by atoms with Gasteiger partial charge in [0.2, 0.25) is 5.91 Å². The van der Waals surface area contributed by atoms with E-state index in [4.69, 9.17) is 0 Å². The van der Waals surface area contributed by atoms with Gasteiger partial charge < -0.3 is 14.8 Å². The number of amides is 1. The summed E-state index contributed by atoms with van der Waals surface area (Å²) >= 11 is 0. The lowest BCUT2D eigenvalue weighted by Gasteiger charge is -2.32. The summed E-state index contributed by atoms with van der Waals surface area (Å²) in [6.07, 6.45) is 1.68. The fourth-order valence-corrected chi connectivity index (χ4v) is 4.17. The van der Waals surface area contributed by atoms with Gasteiger partial charge in [-0.2, -0.15) is 0 Å². The highest BCUT2D eigenvalue weighted by molar-refractivity contribution is 6.58. The predicted molar refractivity (Wildman–Crippen MR) is 102 cm³/mol. The standard InChI is InChI=1S/C12H21NO4.C6H16Si/c1-5-9(2)12(3,6-7-14)11(16)13-8-10(15)17-4;1-4-7(5-2)6-3/h7,9H,5-6,8H2,1-4H3,(H,13,16);7H,4-6H2,1-3H3/t9-,12-;/m1./s1. The van der Waals surface area contributed by atoms with Crippen molar-refractivity contribution in [2.75, 3.05) is 13.7 Å². The smallest absolute Gasteiger partial charge is 0.325 e. The molecule has 2 atom stereocenters. The molecule has 0 saturated carbocycles. The number of hydrogen-bond acceptors (Lipinski definition) is 4. The van der Waals surface area contributed by atoms with Crippen molar-refractivity contribution in [2.45, 2.75) is 72.5 Å². The highest BCUT2D eigenvalue weighted by Gasteiger charge is 2.37. The van der Waals surface area contributed by atoms with Crippen LogP contribution in [0.4, 0.5) is 0 Å². The van der Waals surface area contributed by atoms with Crippen LogP contribution in [0.2, 0.25) is 18.1 Å². The third kappa shape index (κ3) is 9.20. The number of carbonyl (C=O) groups is 3. The van der Waals surface area contributed by atoms with E-state index in [1.807, 2.05) is 13.8 Å². The highest BCUT2D eigenvalue weighted by atomic mass is 28.3. The van der Waals surface area contributed by atoms with Crippen molar-refractivity contribution in [3.8, 4) is 0 Å². The van der Waals surface area contributed by atoms with Crippen molar-refractivity contribution < 1.29 is 19.1 Å². The third-order valence-electron chi connectivity index (χ3n) is 5.08. The van der Waals surface area contributed by atoms with E-state index in [0.717, 1.165) is 12.7 Å². The Balaban J connectivity index is 0. The van der Waals surface area contributed by atoms with Crippen LogP contribution in [0, 0.1) is 11.3 Å². The molecule has 0 aliphatic heterocycles. The number of rotatable bonds is 10. The van der Waals surface area contributed by atoms with Gasteiger partial charge in [-0.25, -0.2) is 0 Å². The SMILES string of the molecule is CC[C@@H](C)[C@@](C)(CC=O)C(=O)NCC(=O)OC.CC[SiH](CC)CC. The van der Waals surface area contributed by atoms with Crippen molar-refractivity contribution in [3.05, 3.63) is 0 Å². The predicted octanol–water partition coefficient (Wildman–Crippen LogP) is 3.19. The van der Waals surface area contributed by atoms with Crippen molar-refractivity contribution in [2.24, 2.45) is 11.3 Å². The molecule has 142 valence electrons. The maximum atomic E-state index is 12.0. The van der Waals surface area contributed by atoms with E-state index in [-0.39, 0.29) is 33.6 Å². The Bertz CT molecular complexity index is 367. The zero-order valence-corrected chi connectivity index (χ0v) is 17.8. The second kappa shape index (κ2) is 14.2. The summed E-state index contributed by atoms with van der Waals surface area (Å²) < 4.78 is 4.44. The first-order valence-corrected chi connectivity index (χ1v) is 11.5. The van der Waals surface area contributed by atoms with E-state index in [0.29, 0.717) is 0 Å². The second-order valence-corrected chi connectivity index (χ2v) is 10.6. The van der Waals surface area contributed by atoms with E-state index in [9.17, 15) is 14.4 Å². The van der Waals surface area contributed by atoms with E-state index in [1.165, 1.54) is 25.2 Å². The first-order chi connectivity index (χ1) is 11.3. The van der Waals surface area contributed by atoms with E-state index in [1.54, 1.807) is 6.92 Å². The molecule has 0 aliphatic carbocycles. The number of methoxy groups -OCH3 is 1. The summed E-state index contributed by atoms with van der Waals surface area (Å²) in [6, 6.07) is 4.48. The van der Waals surface area contributed by atoms with Crippen LogP contribution in [0.3, 0.4) is 0 Å². The molecule has 0 heterocycles. The molecule has 0 unspecified atom stereocenters. The monoisotopic (exact) mass is 359 g/mol. The molecule has 0 rings (SSSR count). The largest absolute Gasteiger partial charge is 0.468 e. The fraction of sp³-hybridized carbons (Fsp3) is 0.833. The number of hydrogen-bond donors (Lipinski definition) is 1. The summed E-state index contributed by atoms with van der Waals surface area (Å²) in [5, 5.41) is 2.50. The third-order valence-corrected chi connectivity index (χ3v) is 8.54. The van der Waals surface area contributed by atoms with E-state index >= 15 is 0 Å². The topological polar surface area (TPSA) is 72.5 Å². The van der Waals surface area contributed by atoms with Gasteiger partial charge in [0.25, 0.3) is 0 Å². The van der Waals surface area contributed by atoms with Crippen molar-refractivity contribution in [1.82, 2.24) is 5.32 Å². The maximum Gasteiger partial charge on any atom is 0.325 e. The molecule has 0 spiro atoms. The molecule has 6 heteroatoms. The van der Waals surface area contributed by atoms with Crippen LogP contribution in [0.1, 0.15) is 54.4 Å². The van der Waals surface area contributed by atoms with Crippen LogP contribution < -0.4 is 5.32 Å². The molecule has 0 aliphatic rings. The number of nitrogens with one attached hydrogen (secondary N) is 1. The van der Waals surface area contributed by atoms with Gasteiger partial charge in [-0.15, -0.1) is 0 Å². The molecule has 0 fully saturated rings. The molecule has 5 nitrogen and oxygen atoms in total. The normalized spacial score (nSPS) is 14.0. The minimum Gasteiger partial charge on any atom is -0.468 e. The van der Waals surface area contributed by atoms with Gasteiger partial charge >= 0.3 is 5.97 Å². The lowest BCUT2D eigenvalue weighted by Crippen LogP contribution is -2.45. The Morgan fingerprint density at radius 2 is 1.67 bits per heavy atom. The Kier molecular flexibility index (Phi) is 14.8. The molecule has 0 aromatic carbocycles. The average molecular weight is 360 g/mol. The van der Waals surface area contributed by atoms with Crippen molar-refractivity contribution in [1.29, 1.82) is 0 Å². The van der Waals surface area contributed by atoms with Crippen LogP contribution in [-0.4, -0.2) is 40.6 Å². The van der Waals surface area contributed by atoms with Crippen LogP contribution in [-0.2, 0) is 19.1 Å². The van der Waals surface area contributed by atoms with Gasteiger partial charge in [-0.1, -0.05) is 66.1 Å². The van der Waals surface area contributed by atoms with Crippen molar-refractivity contribution >= 4 is 27.0 Å². The van der Waals surface area contributed by atoms with Gasteiger partial charge in [0.05, 0.1) is 12.5 Å². The van der Waals surface area contributed by atoms with E-state index < -0.39 is 11.4 Å². The van der Waals surface area contributed by atoms with Crippen LogP contribution in [0.25, 0.3) is 0 Å². The Morgan fingerprint density at radius 3 is 1.96 bits per heavy atom. The number of aldehydes is 1. The van der Waals surface area contributed by atoms with Gasteiger partial charge in [-0.3, -0.25) is 9.59 Å². The molecule has 1 amide bonds. The quantitative estimate of drug-likeness (QED) is 0.369. The molecule has 0 radical (unpaired) electrons. The summed E-state index contributed by atoms with van der Waals surface area (Å²) in [5.74, 6) is -0.731. The number of ether oxygens (including phenoxy) is 1. The Morgan fingerprint density at radius 1 is 1.17 bits per heavy atom. The molecule has 0 aromatic heterocycles. The molecular formula is C18H37NO4Si. The summed E-state index contributed by atoms with van der Waals surface area (Å²) in [5.41, 5.74) is -0.773. The Hall–Kier alpha value is -1.17. The summed E-state index contributed by atoms with van der Waals surface area (Å²) in [4.78, 5) is 33.6. The second-order valence-electron chi connectivity index (χ2n) is 6.45. The molecule has 0 aromatic rings. The first-order valence-electron chi connectivity index (χ1n) is 9.05. The van der Waals surface area contributed by atoms with E-state index in [2.05, 4.69) is 30.8 Å². The molecule has 24 heavy (non-hydrogen) atoms. The lowest BCUT2D eigenvalue weighted by molar-refractivity contribution is -0.143. The van der Waals surface area contributed by atoms with Gasteiger partial charge in [0.1, 0.15) is 12.8 Å². The molecule has 0 bridgehead atoms. The summed E-state index contributed by atoms with van der Waals surface area (Å²) in [7, 11) is 1.09. The summed E-state index contributed by atoms with van der Waals surface area (Å²) in [6.45, 7) is 12.4. The fourth-order valence-electron chi connectivity index (χ4n) is 2.43. The number of esters is 1. The van der Waals surface area contributed by atoms with Gasteiger partial charge in [-0.05, 0) is 5.92 Å². The zero-order chi connectivity index (χ0) is 19.2. The van der Waals surface area contributed by atoms with Gasteiger partial charge in [0.15, 0.2) is 0 Å². The van der Waals surface area contributed by atoms with Crippen LogP contribution >= 0.6 is 0 Å². The molecule has 1 N–H and O–H groups in total. The molecule has 0 saturated heterocycles. The van der Waals surface area contributed by atoms with Crippen molar-refractivity contribution in [3.63, 3.8) is 0 Å². The van der Waals surface area contributed by atoms with Crippen LogP contribution in [0.5, 0.6) is 0 Å². The number of carbonyl (C=O) groups excluding carboxylic acids is 3. The minimum atomic E-state index is -0.773. The minimum absolute atomic E-state index is 0.0605. The first kappa shape index (κ1) is 25.1.